The average molecular weight is 322 g/mol. The van der Waals surface area contributed by atoms with E-state index in [1.165, 1.54) is 0 Å². The lowest BCUT2D eigenvalue weighted by atomic mass is 10.2. The Morgan fingerprint density at radius 3 is 2.92 bits per heavy atom. The minimum Gasteiger partial charge on any atom is -0.489 e. The molecule has 6 nitrogen and oxygen atoms in total. The van der Waals surface area contributed by atoms with Crippen molar-refractivity contribution in [3.63, 3.8) is 0 Å². The Kier molecular flexibility index (Phi) is 4.86. The van der Waals surface area contributed by atoms with Gasteiger partial charge in [-0.3, -0.25) is 0 Å². The Balaban J connectivity index is 1.80. The number of rotatable bonds is 7. The van der Waals surface area contributed by atoms with Gasteiger partial charge in [0.15, 0.2) is 5.82 Å². The molecule has 3 aromatic rings. The van der Waals surface area contributed by atoms with Gasteiger partial charge >= 0.3 is 0 Å². The number of nitrogens with one attached hydrogen (secondary N) is 1. The predicted octanol–water partition coefficient (Wildman–Crippen LogP) is 3.62. The Morgan fingerprint density at radius 2 is 2.12 bits per heavy atom. The highest BCUT2D eigenvalue weighted by Crippen LogP contribution is 2.26. The summed E-state index contributed by atoms with van der Waals surface area (Å²) in [6.07, 6.45) is 3.44. The van der Waals surface area contributed by atoms with Crippen LogP contribution in [-0.2, 0) is 6.54 Å². The van der Waals surface area contributed by atoms with Crippen molar-refractivity contribution in [2.45, 2.75) is 13.5 Å². The van der Waals surface area contributed by atoms with Gasteiger partial charge in [0.05, 0.1) is 5.56 Å². The van der Waals surface area contributed by atoms with Gasteiger partial charge in [0.1, 0.15) is 18.2 Å². The molecule has 0 fully saturated rings. The molecule has 0 atom stereocenters. The molecule has 0 radical (unpaired) electrons. The minimum atomic E-state index is 0.444. The number of hydrogen-bond acceptors (Lipinski definition) is 6. The predicted molar refractivity (Wildman–Crippen MR) is 91.7 cm³/mol. The molecule has 0 saturated carbocycles. The molecule has 3 rings (SSSR count). The molecular formula is C18H18N4O2. The molecule has 0 aliphatic carbocycles. The van der Waals surface area contributed by atoms with Crippen LogP contribution in [-0.4, -0.2) is 21.7 Å². The Morgan fingerprint density at radius 1 is 1.25 bits per heavy atom. The maximum absolute atomic E-state index is 5.67. The number of para-hydroxylation sites is 1. The van der Waals surface area contributed by atoms with Crippen molar-refractivity contribution in [3.05, 3.63) is 66.6 Å². The van der Waals surface area contributed by atoms with E-state index in [1.54, 1.807) is 19.2 Å². The van der Waals surface area contributed by atoms with Crippen LogP contribution < -0.4 is 10.1 Å². The molecule has 2 aromatic heterocycles. The first kappa shape index (κ1) is 15.7. The molecule has 6 heteroatoms. The van der Waals surface area contributed by atoms with Gasteiger partial charge in [0.2, 0.25) is 0 Å². The SMILES string of the molecule is C=CCOc1ccccc1CNc1ncccc1-c1nc(C)no1. The van der Waals surface area contributed by atoms with Gasteiger partial charge in [-0.15, -0.1) is 0 Å². The van der Waals surface area contributed by atoms with E-state index in [1.807, 2.05) is 36.4 Å². The van der Waals surface area contributed by atoms with Crippen molar-refractivity contribution in [1.82, 2.24) is 15.1 Å². The van der Waals surface area contributed by atoms with E-state index in [0.29, 0.717) is 30.7 Å². The van der Waals surface area contributed by atoms with Crippen LogP contribution in [0.25, 0.3) is 11.5 Å². The number of benzene rings is 1. The molecule has 0 saturated heterocycles. The third-order valence-electron chi connectivity index (χ3n) is 3.34. The van der Waals surface area contributed by atoms with Crippen molar-refractivity contribution in [2.24, 2.45) is 0 Å². The molecule has 0 unspecified atom stereocenters. The zero-order chi connectivity index (χ0) is 16.8. The van der Waals surface area contributed by atoms with Crippen LogP contribution in [0.15, 0.2) is 59.8 Å². The first-order valence-corrected chi connectivity index (χ1v) is 7.59. The highest BCUT2D eigenvalue weighted by atomic mass is 16.5. The fourth-order valence-electron chi connectivity index (χ4n) is 2.24. The quantitative estimate of drug-likeness (QED) is 0.670. The van der Waals surface area contributed by atoms with Crippen LogP contribution in [0, 0.1) is 6.92 Å². The van der Waals surface area contributed by atoms with Gasteiger partial charge in [0.25, 0.3) is 5.89 Å². The molecule has 1 N–H and O–H groups in total. The summed E-state index contributed by atoms with van der Waals surface area (Å²) in [5, 5.41) is 7.14. The largest absolute Gasteiger partial charge is 0.489 e. The normalized spacial score (nSPS) is 10.4. The summed E-state index contributed by atoms with van der Waals surface area (Å²) in [5.74, 6) is 2.53. The topological polar surface area (TPSA) is 73.1 Å². The van der Waals surface area contributed by atoms with Crippen LogP contribution in [0.2, 0.25) is 0 Å². The van der Waals surface area contributed by atoms with Crippen LogP contribution in [0.4, 0.5) is 5.82 Å². The summed E-state index contributed by atoms with van der Waals surface area (Å²) in [6.45, 7) is 6.48. The first-order chi connectivity index (χ1) is 11.8. The first-order valence-electron chi connectivity index (χ1n) is 7.59. The third-order valence-corrected chi connectivity index (χ3v) is 3.34. The molecule has 0 spiro atoms. The lowest BCUT2D eigenvalue weighted by molar-refractivity contribution is 0.359. The zero-order valence-electron chi connectivity index (χ0n) is 13.4. The second kappa shape index (κ2) is 7.41. The molecule has 0 bridgehead atoms. The van der Waals surface area contributed by atoms with Gasteiger partial charge in [-0.05, 0) is 25.1 Å². The highest BCUT2D eigenvalue weighted by molar-refractivity contribution is 5.68. The van der Waals surface area contributed by atoms with Crippen molar-refractivity contribution in [2.75, 3.05) is 11.9 Å². The average Bonchev–Trinajstić information content (AvgIpc) is 3.05. The summed E-state index contributed by atoms with van der Waals surface area (Å²) >= 11 is 0. The molecular weight excluding hydrogens is 304 g/mol. The Bertz CT molecular complexity index is 829. The molecule has 2 heterocycles. The van der Waals surface area contributed by atoms with Crippen LogP contribution >= 0.6 is 0 Å². The van der Waals surface area contributed by atoms with Crippen molar-refractivity contribution >= 4 is 5.82 Å². The number of hydrogen-bond donors (Lipinski definition) is 1. The van der Waals surface area contributed by atoms with E-state index in [0.717, 1.165) is 16.9 Å². The number of ether oxygens (including phenoxy) is 1. The second-order valence-electron chi connectivity index (χ2n) is 5.11. The molecule has 24 heavy (non-hydrogen) atoms. The van der Waals surface area contributed by atoms with E-state index in [9.17, 15) is 0 Å². The maximum atomic E-state index is 5.67. The fourth-order valence-corrected chi connectivity index (χ4v) is 2.24. The van der Waals surface area contributed by atoms with E-state index < -0.39 is 0 Å². The van der Waals surface area contributed by atoms with E-state index in [2.05, 4.69) is 27.0 Å². The van der Waals surface area contributed by atoms with Gasteiger partial charge < -0.3 is 14.6 Å². The number of nitrogens with zero attached hydrogens (tertiary/aromatic N) is 3. The van der Waals surface area contributed by atoms with Gasteiger partial charge in [0, 0.05) is 18.3 Å². The maximum Gasteiger partial charge on any atom is 0.261 e. The molecule has 1 aromatic carbocycles. The summed E-state index contributed by atoms with van der Waals surface area (Å²) in [6, 6.07) is 11.6. The fraction of sp³-hybridized carbons (Fsp3) is 0.167. The summed E-state index contributed by atoms with van der Waals surface area (Å²) in [5.41, 5.74) is 1.79. The number of aryl methyl sites for hydroxylation is 1. The zero-order valence-corrected chi connectivity index (χ0v) is 13.4. The van der Waals surface area contributed by atoms with E-state index in [-0.39, 0.29) is 0 Å². The second-order valence-corrected chi connectivity index (χ2v) is 5.11. The molecule has 0 aliphatic heterocycles. The summed E-state index contributed by atoms with van der Waals surface area (Å²) < 4.78 is 10.9. The minimum absolute atomic E-state index is 0.444. The highest BCUT2D eigenvalue weighted by Gasteiger charge is 2.13. The van der Waals surface area contributed by atoms with Crippen molar-refractivity contribution in [3.8, 4) is 17.2 Å². The van der Waals surface area contributed by atoms with E-state index >= 15 is 0 Å². The molecule has 122 valence electrons. The standard InChI is InChI=1S/C18H18N4O2/c1-3-11-23-16-9-5-4-7-14(16)12-20-17-15(8-6-10-19-17)18-21-13(2)22-24-18/h3-10H,1,11-12H2,2H3,(H,19,20). The third kappa shape index (κ3) is 3.60. The van der Waals surface area contributed by atoms with E-state index in [4.69, 9.17) is 9.26 Å². The van der Waals surface area contributed by atoms with Gasteiger partial charge in [-0.2, -0.15) is 4.98 Å². The van der Waals surface area contributed by atoms with Crippen LogP contribution in [0.5, 0.6) is 5.75 Å². The lowest BCUT2D eigenvalue weighted by Crippen LogP contribution is -2.05. The number of pyridine rings is 1. The van der Waals surface area contributed by atoms with Crippen molar-refractivity contribution in [1.29, 1.82) is 0 Å². The summed E-state index contributed by atoms with van der Waals surface area (Å²) in [4.78, 5) is 8.64. The Labute approximate surface area is 140 Å². The summed E-state index contributed by atoms with van der Waals surface area (Å²) in [7, 11) is 0. The lowest BCUT2D eigenvalue weighted by Gasteiger charge is -2.12. The molecule has 0 amide bonds. The van der Waals surface area contributed by atoms with Crippen molar-refractivity contribution < 1.29 is 9.26 Å². The van der Waals surface area contributed by atoms with Crippen LogP contribution in [0.3, 0.4) is 0 Å². The monoisotopic (exact) mass is 322 g/mol. The number of anilines is 1. The smallest absolute Gasteiger partial charge is 0.261 e. The number of aromatic nitrogens is 3. The Hall–Kier alpha value is -3.15. The molecule has 0 aliphatic rings. The van der Waals surface area contributed by atoms with Crippen LogP contribution in [0.1, 0.15) is 11.4 Å². The van der Waals surface area contributed by atoms with Gasteiger partial charge in [-0.25, -0.2) is 4.98 Å². The van der Waals surface area contributed by atoms with Gasteiger partial charge in [-0.1, -0.05) is 36.0 Å².